The van der Waals surface area contributed by atoms with E-state index in [1.54, 1.807) is 4.31 Å². The minimum absolute atomic E-state index is 0.142. The molecule has 2 aliphatic heterocycles. The lowest BCUT2D eigenvalue weighted by molar-refractivity contribution is 0.179. The Morgan fingerprint density at radius 3 is 2.43 bits per heavy atom. The van der Waals surface area contributed by atoms with E-state index >= 15 is 0 Å². The van der Waals surface area contributed by atoms with Gasteiger partial charge in [-0.05, 0) is 43.1 Å². The molecule has 2 saturated heterocycles. The van der Waals surface area contributed by atoms with E-state index in [-0.39, 0.29) is 11.5 Å². The van der Waals surface area contributed by atoms with E-state index in [1.165, 1.54) is 0 Å². The number of nitrogens with zero attached hydrogens (tertiary/aromatic N) is 1. The summed E-state index contributed by atoms with van der Waals surface area (Å²) in [7, 11) is -3.36. The summed E-state index contributed by atoms with van der Waals surface area (Å²) in [5, 5.41) is 3.46. The average Bonchev–Trinajstić information content (AvgIpc) is 2.36. The van der Waals surface area contributed by atoms with Gasteiger partial charge in [0.2, 0.25) is 0 Å². The predicted molar refractivity (Wildman–Crippen MR) is 86.2 cm³/mol. The Kier molecular flexibility index (Phi) is 5.34. The minimum Gasteiger partial charge on any atom is -0.312 e. The van der Waals surface area contributed by atoms with Crippen molar-refractivity contribution in [2.75, 3.05) is 26.2 Å². The molecule has 3 unspecified atom stereocenters. The molecule has 21 heavy (non-hydrogen) atoms. The number of piperidine rings is 2. The summed E-state index contributed by atoms with van der Waals surface area (Å²) in [6.45, 7) is 11.4. The second-order valence-electron chi connectivity index (χ2n) is 7.72. The fourth-order valence-corrected chi connectivity index (χ4v) is 5.16. The van der Waals surface area contributed by atoms with Crippen molar-refractivity contribution in [3.8, 4) is 0 Å². The quantitative estimate of drug-likeness (QED) is 0.827. The van der Waals surface area contributed by atoms with E-state index in [4.69, 9.17) is 0 Å². The SMILES string of the molecule is CC1CC(C)CN(S(=O)(=O)NCC2NCCCC2(C)C)C1. The Morgan fingerprint density at radius 1 is 1.24 bits per heavy atom. The molecule has 2 N–H and O–H groups in total. The Bertz CT molecular complexity index is 440. The molecular formula is C15H31N3O2S. The maximum atomic E-state index is 12.5. The van der Waals surface area contributed by atoms with Crippen LogP contribution in [0.15, 0.2) is 0 Å². The van der Waals surface area contributed by atoms with Crippen LogP contribution in [0.2, 0.25) is 0 Å². The third-order valence-corrected chi connectivity index (χ3v) is 6.49. The van der Waals surface area contributed by atoms with E-state index in [0.29, 0.717) is 31.5 Å². The second-order valence-corrected chi connectivity index (χ2v) is 9.47. The van der Waals surface area contributed by atoms with Crippen LogP contribution in [-0.4, -0.2) is 44.9 Å². The molecule has 0 aliphatic carbocycles. The molecule has 0 bridgehead atoms. The summed E-state index contributed by atoms with van der Waals surface area (Å²) in [6.07, 6.45) is 3.42. The molecule has 3 atom stereocenters. The molecule has 0 amide bonds. The van der Waals surface area contributed by atoms with Crippen molar-refractivity contribution in [1.29, 1.82) is 0 Å². The second kappa shape index (κ2) is 6.52. The van der Waals surface area contributed by atoms with Gasteiger partial charge in [0.05, 0.1) is 0 Å². The lowest BCUT2D eigenvalue weighted by Crippen LogP contribution is -2.55. The largest absolute Gasteiger partial charge is 0.312 e. The minimum atomic E-state index is -3.36. The third-order valence-electron chi connectivity index (χ3n) is 4.98. The van der Waals surface area contributed by atoms with Gasteiger partial charge in [0.25, 0.3) is 10.2 Å². The van der Waals surface area contributed by atoms with Gasteiger partial charge in [0, 0.05) is 25.7 Å². The van der Waals surface area contributed by atoms with Crippen molar-refractivity contribution < 1.29 is 8.42 Å². The fraction of sp³-hybridized carbons (Fsp3) is 1.00. The van der Waals surface area contributed by atoms with Gasteiger partial charge in [-0.1, -0.05) is 27.7 Å². The summed E-state index contributed by atoms with van der Waals surface area (Å²) >= 11 is 0. The van der Waals surface area contributed by atoms with E-state index < -0.39 is 10.2 Å². The topological polar surface area (TPSA) is 61.4 Å². The number of nitrogens with one attached hydrogen (secondary N) is 2. The molecule has 0 spiro atoms. The van der Waals surface area contributed by atoms with Crippen LogP contribution in [0.3, 0.4) is 0 Å². The van der Waals surface area contributed by atoms with Crippen LogP contribution in [0.5, 0.6) is 0 Å². The normalized spacial score (nSPS) is 34.8. The Hall–Kier alpha value is -0.170. The molecule has 0 aromatic carbocycles. The molecule has 2 aliphatic rings. The van der Waals surface area contributed by atoms with Crippen molar-refractivity contribution in [2.45, 2.75) is 53.0 Å². The highest BCUT2D eigenvalue weighted by Crippen LogP contribution is 2.30. The summed E-state index contributed by atoms with van der Waals surface area (Å²) in [4.78, 5) is 0. The average molecular weight is 317 g/mol. The van der Waals surface area contributed by atoms with Crippen LogP contribution >= 0.6 is 0 Å². The highest BCUT2D eigenvalue weighted by molar-refractivity contribution is 7.87. The molecule has 2 heterocycles. The van der Waals surface area contributed by atoms with E-state index in [9.17, 15) is 8.42 Å². The maximum absolute atomic E-state index is 12.5. The molecule has 0 aromatic rings. The van der Waals surface area contributed by atoms with Crippen molar-refractivity contribution in [1.82, 2.24) is 14.3 Å². The van der Waals surface area contributed by atoms with Gasteiger partial charge in [-0.2, -0.15) is 12.7 Å². The van der Waals surface area contributed by atoms with Gasteiger partial charge in [-0.25, -0.2) is 4.72 Å². The zero-order chi connectivity index (χ0) is 15.7. The molecule has 124 valence electrons. The van der Waals surface area contributed by atoms with Gasteiger partial charge in [-0.15, -0.1) is 0 Å². The lowest BCUT2D eigenvalue weighted by Gasteiger charge is -2.40. The zero-order valence-corrected chi connectivity index (χ0v) is 14.7. The number of hydrogen-bond donors (Lipinski definition) is 2. The van der Waals surface area contributed by atoms with Crippen molar-refractivity contribution >= 4 is 10.2 Å². The van der Waals surface area contributed by atoms with Gasteiger partial charge >= 0.3 is 0 Å². The fourth-order valence-electron chi connectivity index (χ4n) is 3.70. The van der Waals surface area contributed by atoms with Crippen LogP contribution in [0, 0.1) is 17.3 Å². The highest BCUT2D eigenvalue weighted by Gasteiger charge is 2.35. The molecule has 0 saturated carbocycles. The highest BCUT2D eigenvalue weighted by atomic mass is 32.2. The van der Waals surface area contributed by atoms with Crippen LogP contribution in [-0.2, 0) is 10.2 Å². The van der Waals surface area contributed by atoms with Crippen molar-refractivity contribution in [3.63, 3.8) is 0 Å². The van der Waals surface area contributed by atoms with Crippen molar-refractivity contribution in [2.24, 2.45) is 17.3 Å². The Balaban J connectivity index is 1.94. The zero-order valence-electron chi connectivity index (χ0n) is 13.9. The summed E-state index contributed by atoms with van der Waals surface area (Å²) in [5.41, 5.74) is 0.142. The summed E-state index contributed by atoms with van der Waals surface area (Å²) < 4.78 is 29.5. The Labute approximate surface area is 130 Å². The van der Waals surface area contributed by atoms with E-state index in [2.05, 4.69) is 37.7 Å². The monoisotopic (exact) mass is 317 g/mol. The van der Waals surface area contributed by atoms with Crippen LogP contribution in [0.25, 0.3) is 0 Å². The number of hydrogen-bond acceptors (Lipinski definition) is 3. The molecule has 5 nitrogen and oxygen atoms in total. The van der Waals surface area contributed by atoms with Crippen molar-refractivity contribution in [3.05, 3.63) is 0 Å². The van der Waals surface area contributed by atoms with Gasteiger partial charge < -0.3 is 5.32 Å². The Morgan fingerprint density at radius 2 is 1.86 bits per heavy atom. The first-order valence-electron chi connectivity index (χ1n) is 8.19. The molecule has 0 radical (unpaired) electrons. The molecule has 2 rings (SSSR count). The van der Waals surface area contributed by atoms with Gasteiger partial charge in [0.1, 0.15) is 0 Å². The summed E-state index contributed by atoms with van der Waals surface area (Å²) in [6, 6.07) is 0.209. The standard InChI is InChI=1S/C15H31N3O2S/c1-12-8-13(2)11-18(10-12)21(19,20)17-9-14-15(3,4)6-5-7-16-14/h12-14,16-17H,5-11H2,1-4H3. The first-order chi connectivity index (χ1) is 9.71. The van der Waals surface area contributed by atoms with Crippen LogP contribution in [0.1, 0.15) is 47.0 Å². The van der Waals surface area contributed by atoms with E-state index in [0.717, 1.165) is 25.8 Å². The van der Waals surface area contributed by atoms with Gasteiger partial charge in [-0.3, -0.25) is 0 Å². The third kappa shape index (κ3) is 4.41. The molecule has 0 aromatic heterocycles. The maximum Gasteiger partial charge on any atom is 0.279 e. The molecule has 6 heteroatoms. The van der Waals surface area contributed by atoms with Crippen LogP contribution in [0.4, 0.5) is 0 Å². The van der Waals surface area contributed by atoms with Gasteiger partial charge in [0.15, 0.2) is 0 Å². The first kappa shape index (κ1) is 17.2. The molecular weight excluding hydrogens is 286 g/mol. The first-order valence-corrected chi connectivity index (χ1v) is 9.63. The molecule has 2 fully saturated rings. The van der Waals surface area contributed by atoms with E-state index in [1.807, 2.05) is 0 Å². The lowest BCUT2D eigenvalue weighted by atomic mass is 9.78. The predicted octanol–water partition coefficient (Wildman–Crippen LogP) is 1.58. The van der Waals surface area contributed by atoms with Crippen LogP contribution < -0.4 is 10.0 Å². The summed E-state index contributed by atoms with van der Waals surface area (Å²) in [5.74, 6) is 0.879. The smallest absolute Gasteiger partial charge is 0.279 e. The number of rotatable bonds is 4.